The van der Waals surface area contributed by atoms with Crippen LogP contribution in [-0.2, 0) is 0 Å². The second-order valence-electron chi connectivity index (χ2n) is 3.80. The zero-order valence-electron chi connectivity index (χ0n) is 10.3. The van der Waals surface area contributed by atoms with Crippen LogP contribution in [0.2, 0.25) is 0 Å². The molecular formula is C13H14F3NO2. The van der Waals surface area contributed by atoms with E-state index in [2.05, 4.69) is 10.1 Å². The third-order valence-corrected chi connectivity index (χ3v) is 2.19. The third kappa shape index (κ3) is 6.05. The highest BCUT2D eigenvalue weighted by molar-refractivity contribution is 5.77. The molecule has 0 saturated carbocycles. The Bertz CT molecular complexity index is 456. The highest BCUT2D eigenvalue weighted by Gasteiger charge is 2.31. The Morgan fingerprint density at radius 3 is 2.53 bits per heavy atom. The van der Waals surface area contributed by atoms with Crippen LogP contribution in [-0.4, -0.2) is 26.2 Å². The van der Waals surface area contributed by atoms with Gasteiger partial charge in [-0.05, 0) is 43.8 Å². The molecule has 0 aliphatic carbocycles. The highest BCUT2D eigenvalue weighted by Crippen LogP contribution is 2.25. The quantitative estimate of drug-likeness (QED) is 0.639. The van der Waals surface area contributed by atoms with Crippen LogP contribution in [0.3, 0.4) is 0 Å². The molecule has 0 heterocycles. The van der Waals surface area contributed by atoms with E-state index in [9.17, 15) is 18.0 Å². The van der Waals surface area contributed by atoms with E-state index < -0.39 is 12.1 Å². The molecule has 104 valence electrons. The average Bonchev–Trinajstić information content (AvgIpc) is 2.32. The predicted molar refractivity (Wildman–Crippen MR) is 66.1 cm³/mol. The molecule has 1 aromatic rings. The number of alkyl halides is 3. The summed E-state index contributed by atoms with van der Waals surface area (Å²) in [6.45, 7) is 0.760. The molecule has 0 unspecified atom stereocenters. The number of carbonyl (C=O) groups is 1. The number of halogens is 3. The lowest BCUT2D eigenvalue weighted by Gasteiger charge is -2.10. The first-order valence-corrected chi connectivity index (χ1v) is 5.62. The lowest BCUT2D eigenvalue weighted by atomic mass is 10.1. The van der Waals surface area contributed by atoms with Gasteiger partial charge in [-0.3, -0.25) is 4.79 Å². The van der Waals surface area contributed by atoms with Crippen molar-refractivity contribution in [2.45, 2.75) is 12.8 Å². The molecule has 19 heavy (non-hydrogen) atoms. The lowest BCUT2D eigenvalue weighted by Crippen LogP contribution is -2.17. The Labute approximate surface area is 109 Å². The van der Waals surface area contributed by atoms with Crippen molar-refractivity contribution in [1.82, 2.24) is 5.32 Å². The van der Waals surface area contributed by atoms with Gasteiger partial charge >= 0.3 is 6.36 Å². The number of aldehydes is 1. The average molecular weight is 273 g/mol. The maximum atomic E-state index is 12.1. The second-order valence-corrected chi connectivity index (χ2v) is 3.80. The van der Waals surface area contributed by atoms with Gasteiger partial charge in [0, 0.05) is 5.56 Å². The van der Waals surface area contributed by atoms with Crippen LogP contribution in [0, 0.1) is 0 Å². The molecule has 0 aromatic heterocycles. The minimum absolute atomic E-state index is 0.134. The molecule has 0 bridgehead atoms. The highest BCUT2D eigenvalue weighted by atomic mass is 19.4. The molecule has 0 radical (unpaired) electrons. The zero-order chi connectivity index (χ0) is 14.3. The van der Waals surface area contributed by atoms with Gasteiger partial charge in [-0.1, -0.05) is 12.2 Å². The van der Waals surface area contributed by atoms with Crippen molar-refractivity contribution in [3.63, 3.8) is 0 Å². The fourth-order valence-electron chi connectivity index (χ4n) is 1.45. The van der Waals surface area contributed by atoms with Gasteiger partial charge in [0.15, 0.2) is 0 Å². The van der Waals surface area contributed by atoms with E-state index in [-0.39, 0.29) is 5.56 Å². The number of rotatable bonds is 6. The van der Waals surface area contributed by atoms with Gasteiger partial charge in [-0.15, -0.1) is 13.2 Å². The molecular weight excluding hydrogens is 259 g/mol. The molecule has 0 amide bonds. The molecule has 1 N–H and O–H groups in total. The van der Waals surface area contributed by atoms with E-state index in [1.54, 1.807) is 19.2 Å². The summed E-state index contributed by atoms with van der Waals surface area (Å²) >= 11 is 0. The molecule has 6 heteroatoms. The first kappa shape index (κ1) is 15.2. The fourth-order valence-corrected chi connectivity index (χ4v) is 1.45. The number of hydrogen-bond donors (Lipinski definition) is 1. The Hall–Kier alpha value is -1.82. The van der Waals surface area contributed by atoms with E-state index in [1.807, 2.05) is 0 Å². The smallest absolute Gasteiger partial charge is 0.406 e. The topological polar surface area (TPSA) is 38.3 Å². The minimum Gasteiger partial charge on any atom is -0.406 e. The number of benzene rings is 1. The second kappa shape index (κ2) is 6.94. The molecule has 1 aromatic carbocycles. The van der Waals surface area contributed by atoms with Crippen molar-refractivity contribution in [1.29, 1.82) is 0 Å². The standard InChI is InChI=1S/C13H14F3NO2/c1-17-5-3-2-4-10-6-11(9-18)8-12(7-10)19-13(14,15)16/h2,4,6-9,17H,3,5H2,1H3. The van der Waals surface area contributed by atoms with Gasteiger partial charge in [0.2, 0.25) is 0 Å². The van der Waals surface area contributed by atoms with Gasteiger partial charge in [0.05, 0.1) is 0 Å². The minimum atomic E-state index is -4.77. The molecule has 3 nitrogen and oxygen atoms in total. The largest absolute Gasteiger partial charge is 0.573 e. The normalized spacial score (nSPS) is 11.8. The van der Waals surface area contributed by atoms with E-state index in [1.165, 1.54) is 12.1 Å². The molecule has 0 atom stereocenters. The molecule has 0 aliphatic heterocycles. The van der Waals surface area contributed by atoms with E-state index in [0.717, 1.165) is 19.0 Å². The molecule has 0 saturated heterocycles. The number of carbonyl (C=O) groups excluding carboxylic acids is 1. The van der Waals surface area contributed by atoms with Crippen LogP contribution in [0.4, 0.5) is 13.2 Å². The number of nitrogens with one attached hydrogen (secondary N) is 1. The summed E-state index contributed by atoms with van der Waals surface area (Å²) in [6.07, 6.45) is -0.106. The first-order chi connectivity index (χ1) is 8.94. The maximum absolute atomic E-state index is 12.1. The van der Waals surface area contributed by atoms with Crippen molar-refractivity contribution in [3.05, 3.63) is 35.4 Å². The Balaban J connectivity index is 2.89. The first-order valence-electron chi connectivity index (χ1n) is 5.62. The fraction of sp³-hybridized carbons (Fsp3) is 0.308. The molecule has 1 rings (SSSR count). The van der Waals surface area contributed by atoms with Crippen LogP contribution in [0.5, 0.6) is 5.75 Å². The molecule has 0 aliphatic rings. The van der Waals surface area contributed by atoms with E-state index >= 15 is 0 Å². The zero-order valence-corrected chi connectivity index (χ0v) is 10.3. The van der Waals surface area contributed by atoms with Crippen LogP contribution < -0.4 is 10.1 Å². The summed E-state index contributed by atoms with van der Waals surface area (Å²) < 4.78 is 40.2. The number of hydrogen-bond acceptors (Lipinski definition) is 3. The third-order valence-electron chi connectivity index (χ3n) is 2.19. The van der Waals surface area contributed by atoms with Gasteiger partial charge in [-0.25, -0.2) is 0 Å². The summed E-state index contributed by atoms with van der Waals surface area (Å²) in [7, 11) is 1.80. The lowest BCUT2D eigenvalue weighted by molar-refractivity contribution is -0.274. The Morgan fingerprint density at radius 2 is 1.95 bits per heavy atom. The molecule has 0 spiro atoms. The van der Waals surface area contributed by atoms with E-state index in [4.69, 9.17) is 0 Å². The monoisotopic (exact) mass is 273 g/mol. The van der Waals surface area contributed by atoms with Crippen LogP contribution in [0.1, 0.15) is 22.3 Å². The van der Waals surface area contributed by atoms with Crippen LogP contribution >= 0.6 is 0 Å². The summed E-state index contributed by atoms with van der Waals surface area (Å²) in [4.78, 5) is 10.7. The van der Waals surface area contributed by atoms with Crippen LogP contribution in [0.15, 0.2) is 24.3 Å². The van der Waals surface area contributed by atoms with Gasteiger partial charge < -0.3 is 10.1 Å². The summed E-state index contributed by atoms with van der Waals surface area (Å²) in [5.41, 5.74) is 0.620. The predicted octanol–water partition coefficient (Wildman–Crippen LogP) is 3.02. The Kier molecular flexibility index (Phi) is 5.57. The van der Waals surface area contributed by atoms with Crippen molar-refractivity contribution in [2.75, 3.05) is 13.6 Å². The van der Waals surface area contributed by atoms with Gasteiger partial charge in [0.25, 0.3) is 0 Å². The van der Waals surface area contributed by atoms with Crippen LogP contribution in [0.25, 0.3) is 6.08 Å². The Morgan fingerprint density at radius 1 is 1.26 bits per heavy atom. The van der Waals surface area contributed by atoms with Crippen molar-refractivity contribution in [3.8, 4) is 5.75 Å². The summed E-state index contributed by atoms with van der Waals surface area (Å²) in [5.74, 6) is -0.398. The molecule has 0 fully saturated rings. The van der Waals surface area contributed by atoms with Crippen molar-refractivity contribution >= 4 is 12.4 Å². The summed E-state index contributed by atoms with van der Waals surface area (Å²) in [5, 5.41) is 2.94. The summed E-state index contributed by atoms with van der Waals surface area (Å²) in [6, 6.07) is 3.77. The van der Waals surface area contributed by atoms with Crippen molar-refractivity contribution < 1.29 is 22.7 Å². The van der Waals surface area contributed by atoms with Gasteiger partial charge in [-0.2, -0.15) is 0 Å². The van der Waals surface area contributed by atoms with Crippen molar-refractivity contribution in [2.24, 2.45) is 0 Å². The van der Waals surface area contributed by atoms with Gasteiger partial charge in [0.1, 0.15) is 12.0 Å². The van der Waals surface area contributed by atoms with E-state index in [0.29, 0.717) is 11.8 Å². The maximum Gasteiger partial charge on any atom is 0.573 e. The SMILES string of the molecule is CNCCC=Cc1cc(C=O)cc(OC(F)(F)F)c1. The number of ether oxygens (including phenoxy) is 1.